The van der Waals surface area contributed by atoms with Crippen molar-refractivity contribution in [1.29, 1.82) is 0 Å². The Balaban J connectivity index is 1.33. The summed E-state index contributed by atoms with van der Waals surface area (Å²) in [4.78, 5) is 16.6. The van der Waals surface area contributed by atoms with Gasteiger partial charge in [-0.3, -0.25) is 9.20 Å². The van der Waals surface area contributed by atoms with Crippen LogP contribution < -0.4 is 10.1 Å². The van der Waals surface area contributed by atoms with E-state index in [-0.39, 0.29) is 5.91 Å². The van der Waals surface area contributed by atoms with Gasteiger partial charge in [-0.25, -0.2) is 4.98 Å². The molecule has 4 aromatic rings. The van der Waals surface area contributed by atoms with Gasteiger partial charge in [0.1, 0.15) is 18.2 Å². The Bertz CT molecular complexity index is 1050. The predicted molar refractivity (Wildman–Crippen MR) is 102 cm³/mol. The molecule has 0 unspecified atom stereocenters. The summed E-state index contributed by atoms with van der Waals surface area (Å²) in [5, 5.41) is 13.1. The van der Waals surface area contributed by atoms with Crippen molar-refractivity contribution in [2.24, 2.45) is 0 Å². The summed E-state index contributed by atoms with van der Waals surface area (Å²) in [5.41, 5.74) is 3.98. The summed E-state index contributed by atoms with van der Waals surface area (Å²) in [7, 11) is 0. The van der Waals surface area contributed by atoms with E-state index in [4.69, 9.17) is 4.74 Å². The van der Waals surface area contributed by atoms with Crippen LogP contribution in [-0.4, -0.2) is 32.0 Å². The highest BCUT2D eigenvalue weighted by atomic mass is 32.1. The summed E-state index contributed by atoms with van der Waals surface area (Å²) in [6.45, 7) is 0.854. The molecule has 0 saturated heterocycles. The number of aromatic nitrogens is 4. The number of pyridine rings is 1. The first-order chi connectivity index (χ1) is 13.3. The van der Waals surface area contributed by atoms with Crippen LogP contribution in [0.4, 0.5) is 0 Å². The van der Waals surface area contributed by atoms with E-state index in [0.717, 1.165) is 17.2 Å². The first-order valence-corrected chi connectivity index (χ1v) is 9.40. The standard InChI is InChI=1S/C19H17N5O2S/c25-19(20-8-7-18-23-22-17-6-1-2-9-24(17)18)14-4-3-5-16(10-14)26-11-15-12-27-13-21-15/h1-6,9-10,12-13H,7-8,11H2,(H,20,25). The van der Waals surface area contributed by atoms with Gasteiger partial charge < -0.3 is 10.1 Å². The molecular formula is C19H17N5O2S. The third-order valence-corrected chi connectivity index (χ3v) is 4.62. The van der Waals surface area contributed by atoms with Crippen molar-refractivity contribution in [3.63, 3.8) is 0 Å². The first-order valence-electron chi connectivity index (χ1n) is 8.46. The van der Waals surface area contributed by atoms with Crippen LogP contribution in [0.15, 0.2) is 59.6 Å². The minimum absolute atomic E-state index is 0.150. The van der Waals surface area contributed by atoms with Crippen molar-refractivity contribution < 1.29 is 9.53 Å². The summed E-state index contributed by atoms with van der Waals surface area (Å²) in [5.74, 6) is 1.30. The van der Waals surface area contributed by atoms with Crippen LogP contribution in [0.2, 0.25) is 0 Å². The van der Waals surface area contributed by atoms with Gasteiger partial charge in [-0.1, -0.05) is 12.1 Å². The third-order valence-electron chi connectivity index (χ3n) is 3.98. The van der Waals surface area contributed by atoms with Crippen LogP contribution in [0.5, 0.6) is 5.75 Å². The SMILES string of the molecule is O=C(NCCc1nnc2ccccn12)c1cccc(OCc2cscn2)c1. The van der Waals surface area contributed by atoms with Crippen molar-refractivity contribution in [2.75, 3.05) is 6.54 Å². The van der Waals surface area contributed by atoms with Crippen molar-refractivity contribution in [1.82, 2.24) is 24.9 Å². The molecular weight excluding hydrogens is 362 g/mol. The quantitative estimate of drug-likeness (QED) is 0.534. The molecule has 27 heavy (non-hydrogen) atoms. The molecule has 0 fully saturated rings. The number of nitrogens with one attached hydrogen (secondary N) is 1. The summed E-state index contributed by atoms with van der Waals surface area (Å²) in [6.07, 6.45) is 2.51. The van der Waals surface area contributed by atoms with Crippen molar-refractivity contribution in [3.05, 3.63) is 76.6 Å². The van der Waals surface area contributed by atoms with E-state index < -0.39 is 0 Å². The molecule has 0 aliphatic heterocycles. The number of nitrogens with zero attached hydrogens (tertiary/aromatic N) is 4. The molecule has 0 bridgehead atoms. The second-order valence-corrected chi connectivity index (χ2v) is 6.57. The van der Waals surface area contributed by atoms with Gasteiger partial charge in [0, 0.05) is 30.1 Å². The van der Waals surface area contributed by atoms with E-state index in [1.807, 2.05) is 40.2 Å². The van der Waals surface area contributed by atoms with Crippen LogP contribution in [0.1, 0.15) is 21.9 Å². The van der Waals surface area contributed by atoms with Crippen molar-refractivity contribution in [3.8, 4) is 5.75 Å². The monoisotopic (exact) mass is 379 g/mol. The molecule has 8 heteroatoms. The molecule has 0 spiro atoms. The van der Waals surface area contributed by atoms with E-state index in [0.29, 0.717) is 30.9 Å². The van der Waals surface area contributed by atoms with E-state index >= 15 is 0 Å². The second kappa shape index (κ2) is 7.96. The highest BCUT2D eigenvalue weighted by molar-refractivity contribution is 7.07. The summed E-state index contributed by atoms with van der Waals surface area (Å²) < 4.78 is 7.61. The fourth-order valence-corrected chi connectivity index (χ4v) is 3.19. The van der Waals surface area contributed by atoms with Crippen LogP contribution in [0, 0.1) is 0 Å². The van der Waals surface area contributed by atoms with E-state index in [1.165, 1.54) is 11.3 Å². The maximum absolute atomic E-state index is 12.4. The lowest BCUT2D eigenvalue weighted by Gasteiger charge is -2.08. The Morgan fingerprint density at radius 1 is 1.19 bits per heavy atom. The van der Waals surface area contributed by atoms with E-state index in [2.05, 4.69) is 20.5 Å². The maximum atomic E-state index is 12.4. The number of thiazole rings is 1. The highest BCUT2D eigenvalue weighted by Gasteiger charge is 2.09. The summed E-state index contributed by atoms with van der Waals surface area (Å²) in [6, 6.07) is 12.9. The zero-order valence-corrected chi connectivity index (χ0v) is 15.2. The zero-order chi connectivity index (χ0) is 18.5. The third kappa shape index (κ3) is 4.12. The largest absolute Gasteiger partial charge is 0.487 e. The highest BCUT2D eigenvalue weighted by Crippen LogP contribution is 2.15. The zero-order valence-electron chi connectivity index (χ0n) is 14.4. The van der Waals surface area contributed by atoms with Gasteiger partial charge in [-0.2, -0.15) is 0 Å². The molecule has 0 atom stereocenters. The second-order valence-electron chi connectivity index (χ2n) is 5.85. The molecule has 3 aromatic heterocycles. The van der Waals surface area contributed by atoms with Gasteiger partial charge in [-0.15, -0.1) is 21.5 Å². The van der Waals surface area contributed by atoms with Crippen molar-refractivity contribution >= 4 is 22.9 Å². The Kier molecular flexibility index (Phi) is 5.06. The molecule has 0 radical (unpaired) electrons. The lowest BCUT2D eigenvalue weighted by Crippen LogP contribution is -2.26. The number of carbonyl (C=O) groups is 1. The number of ether oxygens (including phenoxy) is 1. The number of fused-ring (bicyclic) bond motifs is 1. The van der Waals surface area contributed by atoms with Crippen LogP contribution >= 0.6 is 11.3 Å². The van der Waals surface area contributed by atoms with Gasteiger partial charge in [-0.05, 0) is 30.3 Å². The molecule has 0 aliphatic carbocycles. The number of amides is 1. The minimum atomic E-state index is -0.150. The fourth-order valence-electron chi connectivity index (χ4n) is 2.64. The number of rotatable bonds is 7. The molecule has 4 rings (SSSR count). The average molecular weight is 379 g/mol. The molecule has 7 nitrogen and oxygen atoms in total. The van der Waals surface area contributed by atoms with Gasteiger partial charge in [0.2, 0.25) is 0 Å². The predicted octanol–water partition coefficient (Wildman–Crippen LogP) is 2.74. The first kappa shape index (κ1) is 17.2. The topological polar surface area (TPSA) is 81.4 Å². The fraction of sp³-hybridized carbons (Fsp3) is 0.158. The molecule has 3 heterocycles. The number of benzene rings is 1. The Morgan fingerprint density at radius 3 is 3.04 bits per heavy atom. The smallest absolute Gasteiger partial charge is 0.251 e. The molecule has 1 aromatic carbocycles. The Hall–Kier alpha value is -3.26. The normalized spacial score (nSPS) is 10.8. The van der Waals surface area contributed by atoms with Gasteiger partial charge in [0.05, 0.1) is 11.2 Å². The number of hydrogen-bond acceptors (Lipinski definition) is 6. The number of hydrogen-bond donors (Lipinski definition) is 1. The van der Waals surface area contributed by atoms with Crippen LogP contribution in [0.3, 0.4) is 0 Å². The number of carbonyl (C=O) groups excluding carboxylic acids is 1. The Morgan fingerprint density at radius 2 is 2.15 bits per heavy atom. The molecule has 136 valence electrons. The van der Waals surface area contributed by atoms with Gasteiger partial charge in [0.25, 0.3) is 5.91 Å². The maximum Gasteiger partial charge on any atom is 0.251 e. The Labute approximate surface area is 159 Å². The average Bonchev–Trinajstić information content (AvgIpc) is 3.37. The van der Waals surface area contributed by atoms with Crippen molar-refractivity contribution in [2.45, 2.75) is 13.0 Å². The van der Waals surface area contributed by atoms with E-state index in [1.54, 1.807) is 23.7 Å². The van der Waals surface area contributed by atoms with Gasteiger partial charge >= 0.3 is 0 Å². The van der Waals surface area contributed by atoms with E-state index in [9.17, 15) is 4.79 Å². The molecule has 1 N–H and O–H groups in total. The van der Waals surface area contributed by atoms with Crippen LogP contribution in [-0.2, 0) is 13.0 Å². The molecule has 0 aliphatic rings. The molecule has 1 amide bonds. The minimum Gasteiger partial charge on any atom is -0.487 e. The lowest BCUT2D eigenvalue weighted by atomic mass is 10.2. The van der Waals surface area contributed by atoms with Gasteiger partial charge in [0.15, 0.2) is 5.65 Å². The van der Waals surface area contributed by atoms with Crippen LogP contribution in [0.25, 0.3) is 5.65 Å². The molecule has 0 saturated carbocycles. The summed E-state index contributed by atoms with van der Waals surface area (Å²) >= 11 is 1.52. The lowest BCUT2D eigenvalue weighted by molar-refractivity contribution is 0.0953.